The first-order valence-electron chi connectivity index (χ1n) is 8.87. The lowest BCUT2D eigenvalue weighted by Crippen LogP contribution is -2.54. The van der Waals surface area contributed by atoms with E-state index in [1.54, 1.807) is 0 Å². The van der Waals surface area contributed by atoms with Crippen LogP contribution in [0, 0.1) is 5.92 Å². The maximum Gasteiger partial charge on any atom is 0.315 e. The molecule has 0 heterocycles. The molecule has 2 amide bonds. The van der Waals surface area contributed by atoms with Crippen LogP contribution in [-0.4, -0.2) is 42.0 Å². The second kappa shape index (κ2) is 8.16. The Labute approximate surface area is 134 Å². The molecule has 0 aromatic heterocycles. The van der Waals surface area contributed by atoms with Crippen LogP contribution in [0.1, 0.15) is 65.2 Å². The van der Waals surface area contributed by atoms with Crippen molar-refractivity contribution < 1.29 is 14.6 Å². The lowest BCUT2D eigenvalue weighted by atomic mass is 9.80. The summed E-state index contributed by atoms with van der Waals surface area (Å²) < 4.78 is 5.99. The number of amides is 2. The molecule has 2 fully saturated rings. The minimum Gasteiger partial charge on any atom is -0.388 e. The number of ether oxygens (including phenoxy) is 1. The largest absolute Gasteiger partial charge is 0.388 e. The molecule has 2 unspecified atom stereocenters. The van der Waals surface area contributed by atoms with Crippen LogP contribution in [0.2, 0.25) is 0 Å². The van der Waals surface area contributed by atoms with E-state index in [1.807, 2.05) is 0 Å². The number of nitrogens with one attached hydrogen (secondary N) is 2. The number of rotatable bonds is 7. The molecule has 2 rings (SSSR count). The van der Waals surface area contributed by atoms with Gasteiger partial charge in [-0.15, -0.1) is 0 Å². The Bertz CT molecular complexity index is 356. The highest BCUT2D eigenvalue weighted by molar-refractivity contribution is 5.74. The first-order valence-corrected chi connectivity index (χ1v) is 8.87. The van der Waals surface area contributed by atoms with E-state index in [0.29, 0.717) is 12.5 Å². The Morgan fingerprint density at radius 3 is 2.64 bits per heavy atom. The van der Waals surface area contributed by atoms with Gasteiger partial charge in [0.25, 0.3) is 0 Å². The summed E-state index contributed by atoms with van der Waals surface area (Å²) in [4.78, 5) is 12.0. The van der Waals surface area contributed by atoms with Crippen LogP contribution in [0.5, 0.6) is 0 Å². The molecule has 128 valence electrons. The molecule has 5 nitrogen and oxygen atoms in total. The molecule has 0 saturated heterocycles. The summed E-state index contributed by atoms with van der Waals surface area (Å²) in [5, 5.41) is 15.9. The Morgan fingerprint density at radius 1 is 1.27 bits per heavy atom. The summed E-state index contributed by atoms with van der Waals surface area (Å²) in [6.45, 7) is 5.50. The first kappa shape index (κ1) is 17.5. The molecule has 0 spiro atoms. The van der Waals surface area contributed by atoms with Gasteiger partial charge in [0.15, 0.2) is 0 Å². The van der Waals surface area contributed by atoms with Crippen LogP contribution in [-0.2, 0) is 4.74 Å². The number of carbonyl (C=O) groups is 1. The summed E-state index contributed by atoms with van der Waals surface area (Å²) in [5.41, 5.74) is -0.670. The zero-order chi connectivity index (χ0) is 16.0. The van der Waals surface area contributed by atoms with E-state index in [9.17, 15) is 9.90 Å². The third-order valence-electron chi connectivity index (χ3n) is 4.91. The summed E-state index contributed by atoms with van der Waals surface area (Å²) in [6.07, 6.45) is 8.12. The van der Waals surface area contributed by atoms with E-state index < -0.39 is 5.60 Å². The fourth-order valence-electron chi connectivity index (χ4n) is 3.14. The highest BCUT2D eigenvalue weighted by atomic mass is 16.5. The van der Waals surface area contributed by atoms with E-state index in [-0.39, 0.29) is 18.2 Å². The SMILES string of the molecule is CC(C)CCOC1CCCCC1NC(=O)NCC1(O)CCC1. The van der Waals surface area contributed by atoms with E-state index >= 15 is 0 Å². The van der Waals surface area contributed by atoms with Crippen molar-refractivity contribution in [1.82, 2.24) is 10.6 Å². The van der Waals surface area contributed by atoms with Gasteiger partial charge in [-0.3, -0.25) is 0 Å². The Kier molecular flexibility index (Phi) is 6.50. The van der Waals surface area contributed by atoms with Crippen LogP contribution in [0.15, 0.2) is 0 Å². The summed E-state index contributed by atoms with van der Waals surface area (Å²) in [7, 11) is 0. The molecule has 3 N–H and O–H groups in total. The van der Waals surface area contributed by atoms with Gasteiger partial charge in [-0.25, -0.2) is 4.79 Å². The molecule has 0 aliphatic heterocycles. The Hall–Kier alpha value is -0.810. The molecular weight excluding hydrogens is 280 g/mol. The molecule has 2 saturated carbocycles. The van der Waals surface area contributed by atoms with Crippen LogP contribution < -0.4 is 10.6 Å². The second-order valence-corrected chi connectivity index (χ2v) is 7.39. The monoisotopic (exact) mass is 312 g/mol. The van der Waals surface area contributed by atoms with E-state index in [0.717, 1.165) is 51.6 Å². The molecule has 5 heteroatoms. The number of hydrogen-bond acceptors (Lipinski definition) is 3. The molecule has 0 aromatic carbocycles. The van der Waals surface area contributed by atoms with E-state index in [1.165, 1.54) is 6.42 Å². The summed E-state index contributed by atoms with van der Waals surface area (Å²) >= 11 is 0. The number of aliphatic hydroxyl groups is 1. The van der Waals surface area contributed by atoms with Gasteiger partial charge in [0.05, 0.1) is 17.7 Å². The molecule has 2 atom stereocenters. The van der Waals surface area contributed by atoms with Crippen molar-refractivity contribution in [2.75, 3.05) is 13.2 Å². The maximum atomic E-state index is 12.0. The van der Waals surface area contributed by atoms with Crippen LogP contribution in [0.25, 0.3) is 0 Å². The van der Waals surface area contributed by atoms with Crippen molar-refractivity contribution in [2.24, 2.45) is 5.92 Å². The third-order valence-corrected chi connectivity index (χ3v) is 4.91. The molecule has 0 bridgehead atoms. The zero-order valence-electron chi connectivity index (χ0n) is 14.1. The average molecular weight is 312 g/mol. The number of carbonyl (C=O) groups excluding carboxylic acids is 1. The molecule has 2 aliphatic carbocycles. The zero-order valence-corrected chi connectivity index (χ0v) is 14.1. The van der Waals surface area contributed by atoms with Crippen molar-refractivity contribution in [3.8, 4) is 0 Å². The molecule has 0 aromatic rings. The van der Waals surface area contributed by atoms with Gasteiger partial charge in [0.2, 0.25) is 0 Å². The van der Waals surface area contributed by atoms with Gasteiger partial charge >= 0.3 is 6.03 Å². The fourth-order valence-corrected chi connectivity index (χ4v) is 3.14. The van der Waals surface area contributed by atoms with Gasteiger partial charge < -0.3 is 20.5 Å². The average Bonchev–Trinajstić information content (AvgIpc) is 2.44. The van der Waals surface area contributed by atoms with Gasteiger partial charge in [-0.05, 0) is 44.4 Å². The fraction of sp³-hybridized carbons (Fsp3) is 0.941. The van der Waals surface area contributed by atoms with Gasteiger partial charge in [0, 0.05) is 13.2 Å². The Morgan fingerprint density at radius 2 is 2.00 bits per heavy atom. The molecule has 2 aliphatic rings. The summed E-state index contributed by atoms with van der Waals surface area (Å²) in [6, 6.07) is -0.0818. The maximum absolute atomic E-state index is 12.0. The van der Waals surface area contributed by atoms with Crippen molar-refractivity contribution in [3.63, 3.8) is 0 Å². The normalized spacial score (nSPS) is 27.3. The van der Waals surface area contributed by atoms with Gasteiger partial charge in [-0.1, -0.05) is 26.7 Å². The number of urea groups is 1. The lowest BCUT2D eigenvalue weighted by Gasteiger charge is -2.37. The first-order chi connectivity index (χ1) is 10.5. The van der Waals surface area contributed by atoms with Crippen molar-refractivity contribution in [2.45, 2.75) is 83.0 Å². The molecule has 22 heavy (non-hydrogen) atoms. The highest BCUT2D eigenvalue weighted by Gasteiger charge is 2.35. The van der Waals surface area contributed by atoms with Crippen LogP contribution in [0.3, 0.4) is 0 Å². The van der Waals surface area contributed by atoms with Crippen molar-refractivity contribution in [3.05, 3.63) is 0 Å². The van der Waals surface area contributed by atoms with Gasteiger partial charge in [0.1, 0.15) is 0 Å². The summed E-state index contributed by atoms with van der Waals surface area (Å²) in [5.74, 6) is 0.640. The van der Waals surface area contributed by atoms with Crippen molar-refractivity contribution in [1.29, 1.82) is 0 Å². The van der Waals surface area contributed by atoms with Gasteiger partial charge in [-0.2, -0.15) is 0 Å². The predicted octanol–water partition coefficient (Wildman–Crippen LogP) is 2.57. The quantitative estimate of drug-likeness (QED) is 0.676. The minimum absolute atomic E-state index is 0.0944. The molecular formula is C17H32N2O3. The van der Waals surface area contributed by atoms with E-state index in [2.05, 4.69) is 24.5 Å². The van der Waals surface area contributed by atoms with Crippen LogP contribution >= 0.6 is 0 Å². The lowest BCUT2D eigenvalue weighted by molar-refractivity contribution is -0.0295. The second-order valence-electron chi connectivity index (χ2n) is 7.39. The highest BCUT2D eigenvalue weighted by Crippen LogP contribution is 2.30. The number of hydrogen-bond donors (Lipinski definition) is 3. The van der Waals surface area contributed by atoms with E-state index in [4.69, 9.17) is 4.74 Å². The Balaban J connectivity index is 1.71. The topological polar surface area (TPSA) is 70.6 Å². The predicted molar refractivity (Wildman–Crippen MR) is 86.8 cm³/mol. The minimum atomic E-state index is -0.670. The standard InChI is InChI=1S/C17H32N2O3/c1-13(2)8-11-22-15-7-4-3-6-14(15)19-16(20)18-12-17(21)9-5-10-17/h13-15,21H,3-12H2,1-2H3,(H2,18,19,20). The smallest absolute Gasteiger partial charge is 0.315 e. The third kappa shape index (κ3) is 5.43. The van der Waals surface area contributed by atoms with Crippen molar-refractivity contribution >= 4 is 6.03 Å². The van der Waals surface area contributed by atoms with Crippen LogP contribution in [0.4, 0.5) is 4.79 Å². The molecule has 0 radical (unpaired) electrons.